The van der Waals surface area contributed by atoms with E-state index < -0.39 is 0 Å². The molecule has 0 aliphatic carbocycles. The number of aryl methyl sites for hydroxylation is 1. The monoisotopic (exact) mass is 434 g/mol. The van der Waals surface area contributed by atoms with Crippen LogP contribution < -0.4 is 11.1 Å². The van der Waals surface area contributed by atoms with Gasteiger partial charge >= 0.3 is 0 Å². The Morgan fingerprint density at radius 1 is 1.07 bits per heavy atom. The molecule has 0 amide bonds. The molecule has 4 aromatic heterocycles. The highest BCUT2D eigenvalue weighted by Gasteiger charge is 2.12. The minimum absolute atomic E-state index is 0.156. The van der Waals surface area contributed by atoms with Crippen LogP contribution in [-0.2, 0) is 6.54 Å². The molecule has 0 atom stereocenters. The summed E-state index contributed by atoms with van der Waals surface area (Å²) in [6.45, 7) is 2.09. The lowest BCUT2D eigenvalue weighted by Crippen LogP contribution is -2.23. The summed E-state index contributed by atoms with van der Waals surface area (Å²) in [7, 11) is 0. The van der Waals surface area contributed by atoms with Crippen LogP contribution in [0, 0.1) is 6.92 Å². The highest BCUT2D eigenvalue weighted by molar-refractivity contribution is 7.22. The van der Waals surface area contributed by atoms with Crippen LogP contribution in [0.25, 0.3) is 26.3 Å². The Morgan fingerprint density at radius 3 is 2.67 bits per heavy atom. The van der Waals surface area contributed by atoms with Crippen molar-refractivity contribution < 1.29 is 0 Å². The summed E-state index contributed by atoms with van der Waals surface area (Å²) < 4.78 is 3.55. The van der Waals surface area contributed by atoms with Gasteiger partial charge in [0.15, 0.2) is 0 Å². The van der Waals surface area contributed by atoms with Gasteiger partial charge in [-0.25, -0.2) is 9.97 Å². The molecule has 30 heavy (non-hydrogen) atoms. The first-order valence-corrected chi connectivity index (χ1v) is 10.4. The third-order valence-corrected chi connectivity index (χ3v) is 6.24. The van der Waals surface area contributed by atoms with E-state index in [0.29, 0.717) is 26.6 Å². The smallest absolute Gasteiger partial charge is 0.271 e. The Hall–Kier alpha value is -3.29. The van der Waals surface area contributed by atoms with E-state index >= 15 is 0 Å². The quantitative estimate of drug-likeness (QED) is 0.428. The van der Waals surface area contributed by atoms with Gasteiger partial charge in [-0.15, -0.1) is 11.3 Å². The summed E-state index contributed by atoms with van der Waals surface area (Å²) in [5, 5.41) is 0.661. The van der Waals surface area contributed by atoms with E-state index in [0.717, 1.165) is 16.0 Å². The average molecular weight is 435 g/mol. The van der Waals surface area contributed by atoms with E-state index in [1.54, 1.807) is 12.3 Å². The maximum absolute atomic E-state index is 13.0. The molecule has 0 N–H and O–H groups in total. The lowest BCUT2D eigenvalue weighted by atomic mass is 10.2. The molecule has 1 aromatic carbocycles. The Labute approximate surface area is 179 Å². The SMILES string of the molecule is Cc1ccc2nc(Cn3cnc4cc(-c5ccc(Cl)cc5)sc4c3=O)cc(=O)n2c1. The highest BCUT2D eigenvalue weighted by Crippen LogP contribution is 2.31. The first-order valence-electron chi connectivity index (χ1n) is 9.22. The van der Waals surface area contributed by atoms with Crippen molar-refractivity contribution in [3.8, 4) is 10.4 Å². The van der Waals surface area contributed by atoms with Crippen molar-refractivity contribution in [1.82, 2.24) is 18.9 Å². The van der Waals surface area contributed by atoms with E-state index in [2.05, 4.69) is 9.97 Å². The molecule has 0 aliphatic heterocycles. The van der Waals surface area contributed by atoms with Crippen molar-refractivity contribution in [2.45, 2.75) is 13.5 Å². The molecule has 0 radical (unpaired) electrons. The molecular formula is C22H15ClN4O2S. The van der Waals surface area contributed by atoms with E-state index in [1.807, 2.05) is 43.3 Å². The molecular weight excluding hydrogens is 420 g/mol. The fourth-order valence-electron chi connectivity index (χ4n) is 3.33. The van der Waals surface area contributed by atoms with Gasteiger partial charge in [0.25, 0.3) is 11.1 Å². The molecule has 0 saturated carbocycles. The largest absolute Gasteiger partial charge is 0.292 e. The van der Waals surface area contributed by atoms with Gasteiger partial charge in [0.05, 0.1) is 24.1 Å². The molecule has 4 heterocycles. The van der Waals surface area contributed by atoms with Gasteiger partial charge in [0.1, 0.15) is 10.3 Å². The number of pyridine rings is 1. The summed E-state index contributed by atoms with van der Waals surface area (Å²) in [5.41, 5.74) is 3.33. The van der Waals surface area contributed by atoms with Crippen molar-refractivity contribution in [3.63, 3.8) is 0 Å². The minimum atomic E-state index is -0.179. The molecule has 0 fully saturated rings. The number of halogens is 1. The maximum atomic E-state index is 13.0. The molecule has 0 unspecified atom stereocenters. The number of nitrogens with zero attached hydrogens (tertiary/aromatic N) is 4. The van der Waals surface area contributed by atoms with Crippen LogP contribution in [0.5, 0.6) is 0 Å². The summed E-state index contributed by atoms with van der Waals surface area (Å²) in [6, 6.07) is 14.5. The third kappa shape index (κ3) is 3.32. The summed E-state index contributed by atoms with van der Waals surface area (Å²) in [4.78, 5) is 35.4. The standard InChI is InChI=1S/C22H15ClN4O2S/c1-13-2-7-19-25-16(8-20(28)27(19)10-13)11-26-12-24-17-9-18(30-21(17)22(26)29)14-3-5-15(23)6-4-14/h2-10,12H,11H2,1H3. The molecule has 148 valence electrons. The first kappa shape index (κ1) is 18.7. The lowest BCUT2D eigenvalue weighted by Gasteiger charge is -2.07. The zero-order valence-corrected chi connectivity index (χ0v) is 17.4. The van der Waals surface area contributed by atoms with Crippen molar-refractivity contribution in [2.75, 3.05) is 0 Å². The normalized spacial score (nSPS) is 11.4. The van der Waals surface area contributed by atoms with Crippen LogP contribution in [-0.4, -0.2) is 18.9 Å². The van der Waals surface area contributed by atoms with Gasteiger partial charge in [0, 0.05) is 22.2 Å². The van der Waals surface area contributed by atoms with Crippen LogP contribution in [0.2, 0.25) is 5.02 Å². The summed E-state index contributed by atoms with van der Waals surface area (Å²) >= 11 is 7.35. The van der Waals surface area contributed by atoms with Crippen LogP contribution in [0.1, 0.15) is 11.3 Å². The summed E-state index contributed by atoms with van der Waals surface area (Å²) in [5.74, 6) is 0. The molecule has 0 bridgehead atoms. The first-order chi connectivity index (χ1) is 14.5. The highest BCUT2D eigenvalue weighted by atomic mass is 35.5. The van der Waals surface area contributed by atoms with Gasteiger partial charge in [0.2, 0.25) is 0 Å². The number of thiophene rings is 1. The van der Waals surface area contributed by atoms with Gasteiger partial charge in [-0.1, -0.05) is 29.8 Å². The van der Waals surface area contributed by atoms with Crippen molar-refractivity contribution in [3.05, 3.63) is 98.0 Å². The molecule has 5 rings (SSSR count). The predicted molar refractivity (Wildman–Crippen MR) is 120 cm³/mol. The second kappa shape index (κ2) is 7.19. The van der Waals surface area contributed by atoms with E-state index in [4.69, 9.17) is 11.6 Å². The van der Waals surface area contributed by atoms with Crippen molar-refractivity contribution >= 4 is 38.8 Å². The molecule has 5 aromatic rings. The Kier molecular flexibility index (Phi) is 4.49. The van der Waals surface area contributed by atoms with Crippen molar-refractivity contribution in [1.29, 1.82) is 0 Å². The van der Waals surface area contributed by atoms with E-state index in [1.165, 1.54) is 32.7 Å². The predicted octanol–water partition coefficient (Wildman–Crippen LogP) is 4.14. The second-order valence-corrected chi connectivity index (χ2v) is 8.52. The number of benzene rings is 1. The fourth-order valence-corrected chi connectivity index (χ4v) is 4.52. The number of hydrogen-bond acceptors (Lipinski definition) is 5. The van der Waals surface area contributed by atoms with E-state index in [-0.39, 0.29) is 17.7 Å². The van der Waals surface area contributed by atoms with Crippen LogP contribution in [0.3, 0.4) is 0 Å². The van der Waals surface area contributed by atoms with Crippen LogP contribution >= 0.6 is 22.9 Å². The fraction of sp³-hybridized carbons (Fsp3) is 0.0909. The topological polar surface area (TPSA) is 69.3 Å². The zero-order chi connectivity index (χ0) is 20.8. The average Bonchev–Trinajstić information content (AvgIpc) is 3.16. The van der Waals surface area contributed by atoms with E-state index in [9.17, 15) is 9.59 Å². The number of hydrogen-bond donors (Lipinski definition) is 0. The number of aromatic nitrogens is 4. The van der Waals surface area contributed by atoms with Crippen molar-refractivity contribution in [2.24, 2.45) is 0 Å². The number of fused-ring (bicyclic) bond motifs is 2. The zero-order valence-electron chi connectivity index (χ0n) is 15.9. The second-order valence-electron chi connectivity index (χ2n) is 7.03. The molecule has 0 spiro atoms. The van der Waals surface area contributed by atoms with Gasteiger partial charge in [-0.05, 0) is 42.3 Å². The summed E-state index contributed by atoms with van der Waals surface area (Å²) in [6.07, 6.45) is 3.25. The van der Waals surface area contributed by atoms with Gasteiger partial charge < -0.3 is 0 Å². The maximum Gasteiger partial charge on any atom is 0.271 e. The van der Waals surface area contributed by atoms with Gasteiger partial charge in [-0.3, -0.25) is 18.6 Å². The van der Waals surface area contributed by atoms with Crippen LogP contribution in [0.15, 0.2) is 70.6 Å². The van der Waals surface area contributed by atoms with Gasteiger partial charge in [-0.2, -0.15) is 0 Å². The third-order valence-electron chi connectivity index (χ3n) is 4.83. The molecule has 8 heteroatoms. The molecule has 6 nitrogen and oxygen atoms in total. The molecule has 0 saturated heterocycles. The molecule has 0 aliphatic rings. The minimum Gasteiger partial charge on any atom is -0.292 e. The Balaban J connectivity index is 1.55. The van der Waals surface area contributed by atoms with Crippen LogP contribution in [0.4, 0.5) is 0 Å². The lowest BCUT2D eigenvalue weighted by molar-refractivity contribution is 0.728. The Morgan fingerprint density at radius 2 is 1.87 bits per heavy atom. The Bertz CT molecular complexity index is 1530. The number of rotatable bonds is 3.